The first-order chi connectivity index (χ1) is 11.8. The molecule has 0 atom stereocenters. The van der Waals surface area contributed by atoms with Gasteiger partial charge in [-0.1, -0.05) is 24.3 Å². The average molecular weight is 333 g/mol. The number of carbonyl (C=O) groups excluding carboxylic acids is 1. The topological polar surface area (TPSA) is 58.6 Å². The predicted molar refractivity (Wildman–Crippen MR) is 98.3 cm³/mol. The lowest BCUT2D eigenvalue weighted by atomic mass is 10.1. The van der Waals surface area contributed by atoms with E-state index in [0.717, 1.165) is 22.3 Å². The van der Waals surface area contributed by atoms with Crippen LogP contribution in [0.4, 0.5) is 0 Å². The van der Waals surface area contributed by atoms with Crippen molar-refractivity contribution in [1.82, 2.24) is 15.0 Å². The Kier molecular flexibility index (Phi) is 4.63. The molecule has 4 rings (SSSR count). The highest BCUT2D eigenvalue weighted by molar-refractivity contribution is 7.12. The average Bonchev–Trinajstić information content (AvgIpc) is 3.31. The number of H-pyrrole nitrogens is 1. The highest BCUT2D eigenvalue weighted by Crippen LogP contribution is 2.25. The molecule has 0 saturated carbocycles. The second kappa shape index (κ2) is 7.02. The lowest BCUT2D eigenvalue weighted by Crippen LogP contribution is -1.99. The van der Waals surface area contributed by atoms with Gasteiger partial charge in [0.15, 0.2) is 5.01 Å². The largest absolute Gasteiger partial charge is 0.360 e. The first kappa shape index (κ1) is 15.8. The quantitative estimate of drug-likeness (QED) is 0.436. The second-order valence-corrected chi connectivity index (χ2v) is 5.69. The SMILES string of the molecule is C=C.O=C(c1nc(-c2ccccn2)cs1)c1c[nH]c2ccccc12. The Morgan fingerprint density at radius 2 is 1.83 bits per heavy atom. The van der Waals surface area contributed by atoms with Gasteiger partial charge in [0.05, 0.1) is 11.3 Å². The number of pyridine rings is 1. The summed E-state index contributed by atoms with van der Waals surface area (Å²) >= 11 is 1.34. The number of para-hydroxylation sites is 1. The Bertz CT molecular complexity index is 972. The maximum atomic E-state index is 12.7. The number of aromatic nitrogens is 3. The summed E-state index contributed by atoms with van der Waals surface area (Å²) in [5.74, 6) is -0.0652. The number of aromatic amines is 1. The van der Waals surface area contributed by atoms with Crippen LogP contribution in [-0.4, -0.2) is 20.7 Å². The number of nitrogens with zero attached hydrogens (tertiary/aromatic N) is 2. The fraction of sp³-hybridized carbons (Fsp3) is 0. The van der Waals surface area contributed by atoms with E-state index in [9.17, 15) is 4.79 Å². The van der Waals surface area contributed by atoms with Gasteiger partial charge in [-0.3, -0.25) is 9.78 Å². The van der Waals surface area contributed by atoms with Crippen molar-refractivity contribution in [2.75, 3.05) is 0 Å². The van der Waals surface area contributed by atoms with Crippen molar-refractivity contribution in [2.45, 2.75) is 0 Å². The van der Waals surface area contributed by atoms with Gasteiger partial charge in [0.25, 0.3) is 0 Å². The Hall–Kier alpha value is -3.05. The summed E-state index contributed by atoms with van der Waals surface area (Å²) in [4.78, 5) is 24.5. The van der Waals surface area contributed by atoms with E-state index in [4.69, 9.17) is 0 Å². The van der Waals surface area contributed by atoms with Crippen LogP contribution >= 0.6 is 11.3 Å². The lowest BCUT2D eigenvalue weighted by Gasteiger charge is -1.95. The third kappa shape index (κ3) is 2.89. The van der Waals surface area contributed by atoms with Crippen LogP contribution in [0.2, 0.25) is 0 Å². The monoisotopic (exact) mass is 333 g/mol. The summed E-state index contributed by atoms with van der Waals surface area (Å²) < 4.78 is 0. The third-order valence-electron chi connectivity index (χ3n) is 3.46. The van der Waals surface area contributed by atoms with E-state index in [1.54, 1.807) is 12.4 Å². The lowest BCUT2D eigenvalue weighted by molar-refractivity contribution is 0.104. The van der Waals surface area contributed by atoms with E-state index in [-0.39, 0.29) is 5.78 Å². The standard InChI is InChI=1S/C17H11N3OS.C2H4/c21-16(12-9-19-13-6-2-1-5-11(12)13)17-20-15(10-22-17)14-7-3-4-8-18-14;1-2/h1-10,19H;1-2H2. The molecule has 3 aromatic heterocycles. The molecule has 0 unspecified atom stereocenters. The highest BCUT2D eigenvalue weighted by atomic mass is 32.1. The zero-order chi connectivity index (χ0) is 16.9. The normalized spacial score (nSPS) is 10.2. The van der Waals surface area contributed by atoms with Gasteiger partial charge in [0.1, 0.15) is 5.69 Å². The molecule has 0 spiro atoms. The van der Waals surface area contributed by atoms with Gasteiger partial charge >= 0.3 is 0 Å². The summed E-state index contributed by atoms with van der Waals surface area (Å²) in [5, 5.41) is 3.26. The van der Waals surface area contributed by atoms with Crippen molar-refractivity contribution in [2.24, 2.45) is 0 Å². The molecular weight excluding hydrogens is 318 g/mol. The first-order valence-electron chi connectivity index (χ1n) is 7.31. The number of ketones is 1. The first-order valence-corrected chi connectivity index (χ1v) is 8.18. The molecule has 0 bridgehead atoms. The highest BCUT2D eigenvalue weighted by Gasteiger charge is 2.18. The van der Waals surface area contributed by atoms with Gasteiger partial charge in [0, 0.05) is 28.7 Å². The number of benzene rings is 1. The Morgan fingerprint density at radius 1 is 1.04 bits per heavy atom. The maximum absolute atomic E-state index is 12.7. The van der Waals surface area contributed by atoms with Gasteiger partial charge in [-0.2, -0.15) is 0 Å². The van der Waals surface area contributed by atoms with Crippen LogP contribution in [0.25, 0.3) is 22.3 Å². The van der Waals surface area contributed by atoms with Gasteiger partial charge in [-0.05, 0) is 18.2 Å². The van der Waals surface area contributed by atoms with Gasteiger partial charge in [-0.15, -0.1) is 24.5 Å². The molecule has 0 radical (unpaired) electrons. The van der Waals surface area contributed by atoms with Crippen LogP contribution in [-0.2, 0) is 0 Å². The van der Waals surface area contributed by atoms with E-state index in [1.807, 2.05) is 47.8 Å². The van der Waals surface area contributed by atoms with Crippen molar-refractivity contribution >= 4 is 28.0 Å². The number of thiazole rings is 1. The fourth-order valence-corrected chi connectivity index (χ4v) is 3.15. The number of nitrogens with one attached hydrogen (secondary N) is 1. The predicted octanol–water partition coefficient (Wildman–Crippen LogP) is 4.72. The van der Waals surface area contributed by atoms with E-state index in [1.165, 1.54) is 11.3 Å². The van der Waals surface area contributed by atoms with Crippen molar-refractivity contribution < 1.29 is 4.79 Å². The van der Waals surface area contributed by atoms with Gasteiger partial charge in [0.2, 0.25) is 5.78 Å². The summed E-state index contributed by atoms with van der Waals surface area (Å²) in [5.41, 5.74) is 3.11. The molecule has 0 saturated heterocycles. The molecule has 3 heterocycles. The Balaban J connectivity index is 0.000000815. The number of hydrogen-bond donors (Lipinski definition) is 1. The molecule has 0 fully saturated rings. The second-order valence-electron chi connectivity index (χ2n) is 4.83. The zero-order valence-electron chi connectivity index (χ0n) is 12.9. The minimum atomic E-state index is -0.0652. The van der Waals surface area contributed by atoms with Crippen molar-refractivity contribution in [3.05, 3.63) is 84.0 Å². The molecule has 1 N–H and O–H groups in total. The molecule has 5 heteroatoms. The summed E-state index contributed by atoms with van der Waals surface area (Å²) in [6.07, 6.45) is 3.46. The molecular formula is C19H15N3OS. The molecule has 4 nitrogen and oxygen atoms in total. The van der Waals surface area contributed by atoms with Crippen LogP contribution in [0.1, 0.15) is 15.4 Å². The summed E-state index contributed by atoms with van der Waals surface area (Å²) in [6.45, 7) is 6.00. The summed E-state index contributed by atoms with van der Waals surface area (Å²) in [7, 11) is 0. The Morgan fingerprint density at radius 3 is 2.62 bits per heavy atom. The molecule has 0 aliphatic carbocycles. The molecule has 0 aliphatic heterocycles. The van der Waals surface area contributed by atoms with E-state index < -0.39 is 0 Å². The number of carbonyl (C=O) groups is 1. The van der Waals surface area contributed by atoms with Gasteiger partial charge < -0.3 is 4.98 Å². The molecule has 118 valence electrons. The minimum absolute atomic E-state index is 0.0652. The molecule has 0 aliphatic rings. The van der Waals surface area contributed by atoms with E-state index in [0.29, 0.717) is 10.6 Å². The third-order valence-corrected chi connectivity index (χ3v) is 4.30. The van der Waals surface area contributed by atoms with Gasteiger partial charge in [-0.25, -0.2) is 4.98 Å². The number of hydrogen-bond acceptors (Lipinski definition) is 4. The van der Waals surface area contributed by atoms with Crippen molar-refractivity contribution in [3.8, 4) is 11.4 Å². The van der Waals surface area contributed by atoms with Crippen LogP contribution in [0.3, 0.4) is 0 Å². The molecule has 24 heavy (non-hydrogen) atoms. The molecule has 1 aromatic carbocycles. The van der Waals surface area contributed by atoms with Crippen LogP contribution in [0.15, 0.2) is 73.4 Å². The van der Waals surface area contributed by atoms with Crippen LogP contribution in [0.5, 0.6) is 0 Å². The summed E-state index contributed by atoms with van der Waals surface area (Å²) in [6, 6.07) is 13.4. The molecule has 0 amide bonds. The minimum Gasteiger partial charge on any atom is -0.360 e. The number of rotatable bonds is 3. The van der Waals surface area contributed by atoms with E-state index >= 15 is 0 Å². The van der Waals surface area contributed by atoms with Crippen LogP contribution < -0.4 is 0 Å². The fourth-order valence-electron chi connectivity index (χ4n) is 2.38. The van der Waals surface area contributed by atoms with Crippen molar-refractivity contribution in [3.63, 3.8) is 0 Å². The zero-order valence-corrected chi connectivity index (χ0v) is 13.7. The molecule has 4 aromatic rings. The van der Waals surface area contributed by atoms with Crippen LogP contribution in [0, 0.1) is 0 Å². The van der Waals surface area contributed by atoms with Crippen molar-refractivity contribution in [1.29, 1.82) is 0 Å². The Labute approximate surface area is 143 Å². The number of fused-ring (bicyclic) bond motifs is 1. The van der Waals surface area contributed by atoms with E-state index in [2.05, 4.69) is 28.1 Å². The maximum Gasteiger partial charge on any atom is 0.223 e. The smallest absolute Gasteiger partial charge is 0.223 e.